The number of methoxy groups -OCH3 is 2. The first-order valence-corrected chi connectivity index (χ1v) is 2.95. The lowest BCUT2D eigenvalue weighted by Crippen LogP contribution is -2.23. The maximum Gasteiger partial charge on any atom is 0.217 e. The minimum atomic E-state index is -0.738. The predicted molar refractivity (Wildman–Crippen MR) is 37.6 cm³/mol. The van der Waals surface area contributed by atoms with Gasteiger partial charge in [-0.2, -0.15) is 0 Å². The molecule has 0 aliphatic rings. The van der Waals surface area contributed by atoms with E-state index in [1.54, 1.807) is 0 Å². The molecule has 0 spiro atoms. The first-order valence-electron chi connectivity index (χ1n) is 2.95. The van der Waals surface area contributed by atoms with Crippen LogP contribution in [-0.2, 0) is 14.3 Å². The zero-order valence-corrected chi connectivity index (χ0v) is 6.29. The van der Waals surface area contributed by atoms with Crippen molar-refractivity contribution >= 4 is 5.78 Å². The van der Waals surface area contributed by atoms with Crippen LogP contribution in [0, 0.1) is 0 Å². The van der Waals surface area contributed by atoms with Crippen molar-refractivity contribution in [1.82, 2.24) is 0 Å². The fourth-order valence-electron chi connectivity index (χ4n) is 0.598. The summed E-state index contributed by atoms with van der Waals surface area (Å²) in [7, 11) is 2.85. The molecule has 0 rings (SSSR count). The number of allylic oxidation sites excluding steroid dienone is 1. The first-order chi connectivity index (χ1) is 4.76. The summed E-state index contributed by atoms with van der Waals surface area (Å²) in [6.07, 6.45) is 1.07. The van der Waals surface area contributed by atoms with Crippen molar-refractivity contribution in [3.05, 3.63) is 12.7 Å². The molecule has 0 aromatic heterocycles. The van der Waals surface area contributed by atoms with Gasteiger partial charge in [0.1, 0.15) is 0 Å². The maximum atomic E-state index is 10.9. The number of hydrogen-bond donors (Lipinski definition) is 0. The lowest BCUT2D eigenvalue weighted by Gasteiger charge is -2.09. The second-order valence-electron chi connectivity index (χ2n) is 1.76. The number of carbonyl (C=O) groups excluding carboxylic acids is 1. The van der Waals surface area contributed by atoms with Gasteiger partial charge in [0, 0.05) is 20.6 Å². The summed E-state index contributed by atoms with van der Waals surface area (Å²) in [5, 5.41) is 0. The van der Waals surface area contributed by atoms with Crippen LogP contribution in [0.4, 0.5) is 0 Å². The molecule has 58 valence electrons. The van der Waals surface area contributed by atoms with Crippen LogP contribution in [-0.4, -0.2) is 26.3 Å². The molecule has 0 aliphatic heterocycles. The molecule has 0 unspecified atom stereocenters. The molecule has 10 heavy (non-hydrogen) atoms. The Morgan fingerprint density at radius 3 is 2.40 bits per heavy atom. The minimum absolute atomic E-state index is 0.111. The molecule has 0 bridgehead atoms. The summed E-state index contributed by atoms with van der Waals surface area (Å²) in [5.41, 5.74) is 0. The average molecular weight is 144 g/mol. The van der Waals surface area contributed by atoms with Crippen LogP contribution >= 0.6 is 0 Å². The summed E-state index contributed by atoms with van der Waals surface area (Å²) >= 11 is 0. The van der Waals surface area contributed by atoms with Crippen LogP contribution in [0.15, 0.2) is 12.7 Å². The maximum absolute atomic E-state index is 10.9. The van der Waals surface area contributed by atoms with Gasteiger partial charge < -0.3 is 9.47 Å². The molecule has 3 heteroatoms. The van der Waals surface area contributed by atoms with E-state index in [1.165, 1.54) is 20.3 Å². The van der Waals surface area contributed by atoms with Gasteiger partial charge in [0.15, 0.2) is 5.78 Å². The lowest BCUT2D eigenvalue weighted by atomic mass is 10.3. The third-order valence-corrected chi connectivity index (χ3v) is 1.04. The highest BCUT2D eigenvalue weighted by Crippen LogP contribution is 1.96. The Morgan fingerprint density at radius 2 is 2.10 bits per heavy atom. The van der Waals surface area contributed by atoms with Crippen LogP contribution in [0.25, 0.3) is 0 Å². The van der Waals surface area contributed by atoms with Gasteiger partial charge in [0.05, 0.1) is 0 Å². The Kier molecular flexibility index (Phi) is 4.80. The van der Waals surface area contributed by atoms with Gasteiger partial charge in [-0.05, 0) is 0 Å². The van der Waals surface area contributed by atoms with E-state index in [-0.39, 0.29) is 12.2 Å². The summed E-state index contributed by atoms with van der Waals surface area (Å²) in [5.74, 6) is -0.111. The van der Waals surface area contributed by atoms with Crippen molar-refractivity contribution in [2.75, 3.05) is 14.2 Å². The van der Waals surface area contributed by atoms with E-state index in [0.717, 1.165) is 0 Å². The molecule has 0 heterocycles. The highest BCUT2D eigenvalue weighted by molar-refractivity contribution is 5.82. The van der Waals surface area contributed by atoms with Crippen LogP contribution in [0.2, 0.25) is 0 Å². The van der Waals surface area contributed by atoms with Crippen LogP contribution in [0.3, 0.4) is 0 Å². The normalized spacial score (nSPS) is 9.90. The van der Waals surface area contributed by atoms with Gasteiger partial charge in [0.25, 0.3) is 0 Å². The van der Waals surface area contributed by atoms with E-state index in [0.29, 0.717) is 0 Å². The number of rotatable bonds is 5. The number of carbonyl (C=O) groups is 1. The average Bonchev–Trinajstić information content (AvgIpc) is 1.91. The minimum Gasteiger partial charge on any atom is -0.349 e. The highest BCUT2D eigenvalue weighted by atomic mass is 16.7. The Bertz CT molecular complexity index is 116. The second-order valence-corrected chi connectivity index (χ2v) is 1.76. The van der Waals surface area contributed by atoms with Gasteiger partial charge in [-0.25, -0.2) is 0 Å². The van der Waals surface area contributed by atoms with Crippen molar-refractivity contribution in [3.63, 3.8) is 0 Å². The topological polar surface area (TPSA) is 35.5 Å². The highest BCUT2D eigenvalue weighted by Gasteiger charge is 2.13. The van der Waals surface area contributed by atoms with E-state index in [9.17, 15) is 4.79 Å². The Morgan fingerprint density at radius 1 is 1.60 bits per heavy atom. The summed E-state index contributed by atoms with van der Waals surface area (Å²) in [6.45, 7) is 3.42. The summed E-state index contributed by atoms with van der Waals surface area (Å²) in [4.78, 5) is 10.9. The molecule has 0 aliphatic carbocycles. The monoisotopic (exact) mass is 144 g/mol. The first kappa shape index (κ1) is 9.33. The molecule has 0 N–H and O–H groups in total. The van der Waals surface area contributed by atoms with Gasteiger partial charge in [-0.15, -0.1) is 6.58 Å². The number of ether oxygens (including phenoxy) is 2. The molecular formula is C7H12O3. The Hall–Kier alpha value is -0.670. The van der Waals surface area contributed by atoms with Gasteiger partial charge >= 0.3 is 0 Å². The fraction of sp³-hybridized carbons (Fsp3) is 0.571. The molecule has 0 atom stereocenters. The molecule has 0 aromatic carbocycles. The zero-order valence-electron chi connectivity index (χ0n) is 6.29. The van der Waals surface area contributed by atoms with Crippen molar-refractivity contribution in [2.24, 2.45) is 0 Å². The van der Waals surface area contributed by atoms with Gasteiger partial charge in [-0.1, -0.05) is 6.08 Å². The number of hydrogen-bond acceptors (Lipinski definition) is 3. The Labute approximate surface area is 60.6 Å². The molecule has 3 nitrogen and oxygen atoms in total. The van der Waals surface area contributed by atoms with Crippen LogP contribution in [0.5, 0.6) is 0 Å². The fourth-order valence-corrected chi connectivity index (χ4v) is 0.598. The van der Waals surface area contributed by atoms with Crippen molar-refractivity contribution < 1.29 is 14.3 Å². The summed E-state index contributed by atoms with van der Waals surface area (Å²) < 4.78 is 9.39. The quantitative estimate of drug-likeness (QED) is 0.422. The smallest absolute Gasteiger partial charge is 0.217 e. The molecule has 0 radical (unpaired) electrons. The van der Waals surface area contributed by atoms with E-state index in [1.807, 2.05) is 0 Å². The van der Waals surface area contributed by atoms with E-state index in [2.05, 4.69) is 6.58 Å². The van der Waals surface area contributed by atoms with Crippen LogP contribution < -0.4 is 0 Å². The van der Waals surface area contributed by atoms with E-state index >= 15 is 0 Å². The molecule has 0 amide bonds. The summed E-state index contributed by atoms with van der Waals surface area (Å²) in [6, 6.07) is 0. The number of Topliss-reactive ketones (excluding diaryl/α,β-unsaturated/α-hetero) is 1. The van der Waals surface area contributed by atoms with E-state index in [4.69, 9.17) is 9.47 Å². The SMILES string of the molecule is C=CCC(=O)C(OC)OC. The van der Waals surface area contributed by atoms with Crippen LogP contribution in [0.1, 0.15) is 6.42 Å². The molecule has 0 aromatic rings. The van der Waals surface area contributed by atoms with Crippen molar-refractivity contribution in [1.29, 1.82) is 0 Å². The third-order valence-electron chi connectivity index (χ3n) is 1.04. The molecule has 0 saturated heterocycles. The third kappa shape index (κ3) is 2.75. The Balaban J connectivity index is 3.76. The van der Waals surface area contributed by atoms with Gasteiger partial charge in [0.2, 0.25) is 6.29 Å². The van der Waals surface area contributed by atoms with Crippen molar-refractivity contribution in [2.45, 2.75) is 12.7 Å². The van der Waals surface area contributed by atoms with E-state index < -0.39 is 6.29 Å². The molecule has 0 saturated carbocycles. The lowest BCUT2D eigenvalue weighted by molar-refractivity contribution is -0.155. The largest absolute Gasteiger partial charge is 0.349 e. The molecule has 0 fully saturated rings. The number of ketones is 1. The van der Waals surface area contributed by atoms with Gasteiger partial charge in [-0.3, -0.25) is 4.79 Å². The second kappa shape index (κ2) is 5.14. The zero-order chi connectivity index (χ0) is 7.98. The van der Waals surface area contributed by atoms with Crippen molar-refractivity contribution in [3.8, 4) is 0 Å². The predicted octanol–water partition coefficient (Wildman–Crippen LogP) is 0.750. The standard InChI is InChI=1S/C7H12O3/c1-4-5-6(8)7(9-2)10-3/h4,7H,1,5H2,2-3H3. The molecular weight excluding hydrogens is 132 g/mol.